The molecule has 1 aromatic rings. The van der Waals surface area contributed by atoms with Gasteiger partial charge in [0.05, 0.1) is 16.8 Å². The van der Waals surface area contributed by atoms with Gasteiger partial charge in [-0.05, 0) is 40.0 Å². The molecule has 2 atom stereocenters. The molecule has 25 heavy (non-hydrogen) atoms. The van der Waals surface area contributed by atoms with Crippen LogP contribution < -0.4 is 10.6 Å². The second-order valence-electron chi connectivity index (χ2n) is 7.19. The lowest BCUT2D eigenvalue weighted by molar-refractivity contribution is -0.125. The molecule has 6 heteroatoms. The average molecular weight is 365 g/mol. The lowest BCUT2D eigenvalue weighted by atomic mass is 9.60. The van der Waals surface area contributed by atoms with Gasteiger partial charge in [0.25, 0.3) is 0 Å². The smallest absolute Gasteiger partial charge is 0.191 e. The number of nitrogens with zero attached hydrogens (tertiary/aromatic N) is 2. The minimum atomic E-state index is 0.332. The molecule has 0 radical (unpaired) electrons. The Bertz CT molecular complexity index is 580. The van der Waals surface area contributed by atoms with Gasteiger partial charge in [0.15, 0.2) is 5.96 Å². The fourth-order valence-corrected chi connectivity index (χ4v) is 5.03. The van der Waals surface area contributed by atoms with Gasteiger partial charge >= 0.3 is 0 Å². The molecule has 2 saturated carbocycles. The van der Waals surface area contributed by atoms with Gasteiger partial charge in [-0.25, -0.2) is 4.98 Å². The summed E-state index contributed by atoms with van der Waals surface area (Å²) in [7, 11) is 0. The van der Waals surface area contributed by atoms with E-state index in [4.69, 9.17) is 9.73 Å². The number of rotatable bonds is 7. The normalized spacial score (nSPS) is 25.2. The van der Waals surface area contributed by atoms with Gasteiger partial charge in [-0.3, -0.25) is 4.99 Å². The molecule has 2 N–H and O–H groups in total. The number of aromatic nitrogens is 1. The summed E-state index contributed by atoms with van der Waals surface area (Å²) in [5, 5.41) is 10.4. The van der Waals surface area contributed by atoms with Crippen LogP contribution in [0.1, 0.15) is 56.7 Å². The summed E-state index contributed by atoms with van der Waals surface area (Å²) in [6, 6.07) is 0.492. The molecule has 0 aromatic carbocycles. The number of aliphatic imine (C=N–C) groups is 1. The first-order valence-corrected chi connectivity index (χ1v) is 10.6. The molecule has 3 rings (SSSR count). The second-order valence-corrected chi connectivity index (χ2v) is 8.25. The van der Waals surface area contributed by atoms with E-state index < -0.39 is 0 Å². The highest BCUT2D eigenvalue weighted by atomic mass is 32.1. The van der Waals surface area contributed by atoms with Crippen molar-refractivity contribution in [3.05, 3.63) is 16.1 Å². The van der Waals surface area contributed by atoms with Gasteiger partial charge in [0.2, 0.25) is 0 Å². The van der Waals surface area contributed by atoms with Crippen molar-refractivity contribution in [3.63, 3.8) is 0 Å². The van der Waals surface area contributed by atoms with Gasteiger partial charge in [-0.1, -0.05) is 12.8 Å². The zero-order chi connectivity index (χ0) is 17.7. The van der Waals surface area contributed by atoms with Crippen LogP contribution in [0.5, 0.6) is 0 Å². The van der Waals surface area contributed by atoms with Gasteiger partial charge in [0.1, 0.15) is 0 Å². The number of hydrogen-bond donors (Lipinski definition) is 2. The monoisotopic (exact) mass is 364 g/mol. The molecule has 2 fully saturated rings. The summed E-state index contributed by atoms with van der Waals surface area (Å²) >= 11 is 1.71. The molecular weight excluding hydrogens is 332 g/mol. The molecule has 0 bridgehead atoms. The van der Waals surface area contributed by atoms with E-state index in [-0.39, 0.29) is 0 Å². The van der Waals surface area contributed by atoms with Crippen LogP contribution in [0.2, 0.25) is 0 Å². The Labute approximate surface area is 155 Å². The van der Waals surface area contributed by atoms with Crippen molar-refractivity contribution < 1.29 is 4.74 Å². The first-order chi connectivity index (χ1) is 12.2. The maximum atomic E-state index is 6.02. The van der Waals surface area contributed by atoms with Crippen LogP contribution >= 0.6 is 11.3 Å². The molecule has 0 aliphatic heterocycles. The molecule has 1 heterocycles. The number of guanidine groups is 1. The Morgan fingerprint density at radius 2 is 2.20 bits per heavy atom. The summed E-state index contributed by atoms with van der Waals surface area (Å²) in [6.45, 7) is 8.75. The first kappa shape index (κ1) is 18.6. The van der Waals surface area contributed by atoms with Crippen LogP contribution in [0.3, 0.4) is 0 Å². The Hall–Kier alpha value is -1.14. The Morgan fingerprint density at radius 1 is 1.40 bits per heavy atom. The Kier molecular flexibility index (Phi) is 6.34. The molecule has 140 valence electrons. The van der Waals surface area contributed by atoms with Crippen LogP contribution in [-0.4, -0.2) is 42.8 Å². The van der Waals surface area contributed by atoms with Gasteiger partial charge in [-0.2, -0.15) is 0 Å². The summed E-state index contributed by atoms with van der Waals surface area (Å²) in [5.41, 5.74) is 1.48. The second kappa shape index (κ2) is 8.49. The van der Waals surface area contributed by atoms with Crippen LogP contribution in [-0.2, 0) is 11.2 Å². The fourth-order valence-electron chi connectivity index (χ4n) is 4.38. The number of hydrogen-bond acceptors (Lipinski definition) is 4. The lowest BCUT2D eigenvalue weighted by Crippen LogP contribution is -2.65. The summed E-state index contributed by atoms with van der Waals surface area (Å²) in [5.74, 6) is 0.945. The van der Waals surface area contributed by atoms with Crippen molar-refractivity contribution in [1.29, 1.82) is 0 Å². The van der Waals surface area contributed by atoms with Gasteiger partial charge < -0.3 is 15.4 Å². The first-order valence-electron chi connectivity index (χ1n) is 9.75. The maximum absolute atomic E-state index is 6.02. The zero-order valence-corrected chi connectivity index (χ0v) is 16.6. The number of nitrogens with one attached hydrogen (secondary N) is 2. The van der Waals surface area contributed by atoms with E-state index in [1.165, 1.54) is 25.7 Å². The van der Waals surface area contributed by atoms with Crippen molar-refractivity contribution in [2.75, 3.05) is 19.7 Å². The van der Waals surface area contributed by atoms with Crippen molar-refractivity contribution in [2.24, 2.45) is 10.4 Å². The highest BCUT2D eigenvalue weighted by Crippen LogP contribution is 2.54. The standard InChI is InChI=1S/C19H32N4OS/c1-4-20-18(21-11-8-15-13-25-14(3)22-15)23-16-12-17(24-5-2)19(16)9-6-7-10-19/h13,16-17H,4-12H2,1-3H3,(H2,20,21,23). The number of thiazole rings is 1. The van der Waals surface area contributed by atoms with Gasteiger partial charge in [0, 0.05) is 43.0 Å². The van der Waals surface area contributed by atoms with E-state index in [0.29, 0.717) is 17.6 Å². The largest absolute Gasteiger partial charge is 0.378 e. The third-order valence-corrected chi connectivity index (χ3v) is 6.47. The van der Waals surface area contributed by atoms with Crippen molar-refractivity contribution >= 4 is 17.3 Å². The van der Waals surface area contributed by atoms with E-state index in [1.807, 2.05) is 0 Å². The van der Waals surface area contributed by atoms with E-state index in [2.05, 4.69) is 41.8 Å². The minimum absolute atomic E-state index is 0.332. The molecule has 1 aromatic heterocycles. The average Bonchev–Trinajstić information content (AvgIpc) is 3.25. The molecule has 1 spiro atoms. The molecule has 0 saturated heterocycles. The fraction of sp³-hybridized carbons (Fsp3) is 0.789. The van der Waals surface area contributed by atoms with E-state index in [0.717, 1.165) is 49.2 Å². The van der Waals surface area contributed by atoms with Crippen LogP contribution in [0, 0.1) is 12.3 Å². The molecular formula is C19H32N4OS. The Morgan fingerprint density at radius 3 is 2.84 bits per heavy atom. The van der Waals surface area contributed by atoms with E-state index in [1.54, 1.807) is 11.3 Å². The van der Waals surface area contributed by atoms with Crippen molar-refractivity contribution in [1.82, 2.24) is 15.6 Å². The quantitative estimate of drug-likeness (QED) is 0.576. The summed E-state index contributed by atoms with van der Waals surface area (Å²) in [4.78, 5) is 9.31. The zero-order valence-electron chi connectivity index (χ0n) is 15.8. The summed E-state index contributed by atoms with van der Waals surface area (Å²) in [6.07, 6.45) is 7.66. The SMILES string of the molecule is CCNC(=NCCc1csc(C)n1)NC1CC(OCC)C12CCCC2. The molecule has 2 unspecified atom stereocenters. The lowest BCUT2D eigenvalue weighted by Gasteiger charge is -2.54. The topological polar surface area (TPSA) is 58.5 Å². The van der Waals surface area contributed by atoms with Crippen LogP contribution in [0.25, 0.3) is 0 Å². The van der Waals surface area contributed by atoms with Crippen LogP contribution in [0.4, 0.5) is 0 Å². The maximum Gasteiger partial charge on any atom is 0.191 e. The highest BCUT2D eigenvalue weighted by molar-refractivity contribution is 7.09. The van der Waals surface area contributed by atoms with Crippen molar-refractivity contribution in [2.45, 2.75) is 71.4 Å². The predicted molar refractivity (Wildman–Crippen MR) is 104 cm³/mol. The molecule has 2 aliphatic rings. The minimum Gasteiger partial charge on any atom is -0.378 e. The third kappa shape index (κ3) is 4.17. The predicted octanol–water partition coefficient (Wildman–Crippen LogP) is 3.29. The van der Waals surface area contributed by atoms with Crippen LogP contribution in [0.15, 0.2) is 10.4 Å². The molecule has 2 aliphatic carbocycles. The molecule has 5 nitrogen and oxygen atoms in total. The van der Waals surface area contributed by atoms with E-state index >= 15 is 0 Å². The number of ether oxygens (including phenoxy) is 1. The van der Waals surface area contributed by atoms with Crippen molar-refractivity contribution in [3.8, 4) is 0 Å². The van der Waals surface area contributed by atoms with E-state index in [9.17, 15) is 0 Å². The van der Waals surface area contributed by atoms with Gasteiger partial charge in [-0.15, -0.1) is 11.3 Å². The molecule has 0 amide bonds. The third-order valence-electron chi connectivity index (χ3n) is 5.65. The number of aryl methyl sites for hydroxylation is 1. The summed E-state index contributed by atoms with van der Waals surface area (Å²) < 4.78 is 6.02. The highest BCUT2D eigenvalue weighted by Gasteiger charge is 2.56. The Balaban J connectivity index is 1.58.